The molecule has 0 spiro atoms. The summed E-state index contributed by atoms with van der Waals surface area (Å²) in [7, 11) is 0. The van der Waals surface area contributed by atoms with Crippen LogP contribution in [0.2, 0.25) is 0 Å². The average molecular weight is 348 g/mol. The largest absolute Gasteiger partial charge is 0.448 e. The molecule has 6 nitrogen and oxygen atoms in total. The van der Waals surface area contributed by atoms with E-state index >= 15 is 0 Å². The number of nitriles is 3. The van der Waals surface area contributed by atoms with Gasteiger partial charge in [0.1, 0.15) is 6.10 Å². The Bertz CT molecular complexity index is 859. The molecule has 2 aliphatic heterocycles. The van der Waals surface area contributed by atoms with Gasteiger partial charge in [-0.25, -0.2) is 0 Å². The zero-order valence-electron chi connectivity index (χ0n) is 15.0. The van der Waals surface area contributed by atoms with Gasteiger partial charge < -0.3 is 9.47 Å². The van der Waals surface area contributed by atoms with Crippen LogP contribution in [-0.2, 0) is 9.47 Å². The summed E-state index contributed by atoms with van der Waals surface area (Å²) in [6.07, 6.45) is 0.239. The highest BCUT2D eigenvalue weighted by Gasteiger charge is 2.78. The molecule has 0 radical (unpaired) electrons. The molecule has 132 valence electrons. The third-order valence-corrected chi connectivity index (χ3v) is 5.67. The van der Waals surface area contributed by atoms with E-state index < -0.39 is 28.6 Å². The van der Waals surface area contributed by atoms with E-state index in [1.54, 1.807) is 19.1 Å². The van der Waals surface area contributed by atoms with Crippen LogP contribution in [0.25, 0.3) is 0 Å². The summed E-state index contributed by atoms with van der Waals surface area (Å²) >= 11 is 0. The monoisotopic (exact) mass is 348 g/mol. The van der Waals surface area contributed by atoms with Crippen molar-refractivity contribution in [3.05, 3.63) is 35.4 Å². The van der Waals surface area contributed by atoms with Gasteiger partial charge in [0.15, 0.2) is 5.41 Å². The number of nitrogens with zero attached hydrogens (tertiary/aromatic N) is 3. The summed E-state index contributed by atoms with van der Waals surface area (Å²) in [5.41, 5.74) is -1.89. The Labute approximate surface area is 153 Å². The van der Waals surface area contributed by atoms with Crippen LogP contribution in [0.15, 0.2) is 24.3 Å². The van der Waals surface area contributed by atoms with Gasteiger partial charge in [-0.1, -0.05) is 43.2 Å². The SMILES string of the molecule is CCCC1C2(C)OC(=N)C1(C#N)C(C#N)(C#N)C(c1ccc(C)cc1)O2. The minimum Gasteiger partial charge on any atom is -0.448 e. The quantitative estimate of drug-likeness (QED) is 0.893. The fourth-order valence-electron chi connectivity index (χ4n) is 4.36. The van der Waals surface area contributed by atoms with Gasteiger partial charge in [-0.05, 0) is 18.9 Å². The highest BCUT2D eigenvalue weighted by atomic mass is 16.7. The lowest BCUT2D eigenvalue weighted by Crippen LogP contribution is -2.58. The molecule has 2 saturated heterocycles. The highest BCUT2D eigenvalue weighted by molar-refractivity contribution is 5.89. The molecule has 0 saturated carbocycles. The first kappa shape index (κ1) is 17.9. The van der Waals surface area contributed by atoms with Crippen molar-refractivity contribution in [1.29, 1.82) is 21.2 Å². The molecule has 1 aromatic rings. The van der Waals surface area contributed by atoms with Crippen molar-refractivity contribution >= 4 is 5.90 Å². The van der Waals surface area contributed by atoms with Crippen LogP contribution < -0.4 is 0 Å². The number of hydrogen-bond donors (Lipinski definition) is 1. The second kappa shape index (κ2) is 5.84. The Kier molecular flexibility index (Phi) is 4.02. The first-order valence-electron chi connectivity index (χ1n) is 8.61. The maximum atomic E-state index is 10.1. The molecule has 2 heterocycles. The lowest BCUT2D eigenvalue weighted by Gasteiger charge is -2.48. The van der Waals surface area contributed by atoms with Gasteiger partial charge in [-0.2, -0.15) is 15.8 Å². The van der Waals surface area contributed by atoms with Crippen LogP contribution in [0.4, 0.5) is 0 Å². The van der Waals surface area contributed by atoms with Crippen LogP contribution in [0.5, 0.6) is 0 Å². The van der Waals surface area contributed by atoms with E-state index in [1.165, 1.54) is 0 Å². The molecule has 2 fully saturated rings. The van der Waals surface area contributed by atoms with E-state index in [1.807, 2.05) is 26.0 Å². The molecule has 3 rings (SSSR count). The fraction of sp³-hybridized carbons (Fsp3) is 0.500. The summed E-state index contributed by atoms with van der Waals surface area (Å²) in [6, 6.07) is 13.6. The predicted molar refractivity (Wildman–Crippen MR) is 92.3 cm³/mol. The maximum Gasteiger partial charge on any atom is 0.214 e. The minimum absolute atomic E-state index is 0.348. The molecule has 1 N–H and O–H groups in total. The second-order valence-electron chi connectivity index (χ2n) is 7.15. The number of fused-ring (bicyclic) bond motifs is 2. The van der Waals surface area contributed by atoms with Crippen LogP contribution in [0.1, 0.15) is 43.9 Å². The van der Waals surface area contributed by atoms with E-state index in [-0.39, 0.29) is 5.90 Å². The molecule has 26 heavy (non-hydrogen) atoms. The summed E-state index contributed by atoms with van der Waals surface area (Å²) in [4.78, 5) is 0. The molecular formula is C20H20N4O2. The Balaban J connectivity index is 2.30. The van der Waals surface area contributed by atoms with Gasteiger partial charge in [0.25, 0.3) is 0 Å². The Morgan fingerprint density at radius 2 is 1.73 bits per heavy atom. The van der Waals surface area contributed by atoms with Crippen molar-refractivity contribution in [2.45, 2.75) is 45.5 Å². The third kappa shape index (κ3) is 1.96. The molecule has 4 unspecified atom stereocenters. The van der Waals surface area contributed by atoms with Gasteiger partial charge >= 0.3 is 0 Å². The lowest BCUT2D eigenvalue weighted by molar-refractivity contribution is -0.273. The van der Waals surface area contributed by atoms with Crippen LogP contribution in [0.3, 0.4) is 0 Å². The van der Waals surface area contributed by atoms with Crippen molar-refractivity contribution in [1.82, 2.24) is 0 Å². The standard InChI is InChI=1S/C20H20N4O2/c1-4-5-15-18(3)25-16(14-8-6-13(2)7-9-14)19(10-21,11-22)20(15,12-23)17(24)26-18/h6-9,15-16,24H,4-5H2,1-3H3. The smallest absolute Gasteiger partial charge is 0.214 e. The van der Waals surface area contributed by atoms with Crippen molar-refractivity contribution in [3.8, 4) is 18.2 Å². The molecule has 6 heteroatoms. The van der Waals surface area contributed by atoms with Gasteiger partial charge in [0, 0.05) is 6.92 Å². The van der Waals surface area contributed by atoms with Gasteiger partial charge in [0.05, 0.1) is 24.1 Å². The number of benzene rings is 1. The zero-order chi connectivity index (χ0) is 19.2. The van der Waals surface area contributed by atoms with Crippen LogP contribution >= 0.6 is 0 Å². The summed E-state index contributed by atoms with van der Waals surface area (Å²) < 4.78 is 11.9. The van der Waals surface area contributed by atoms with E-state index in [2.05, 4.69) is 18.2 Å². The van der Waals surface area contributed by atoms with Gasteiger partial charge in [0.2, 0.25) is 17.1 Å². The van der Waals surface area contributed by atoms with E-state index in [0.717, 1.165) is 5.56 Å². The Morgan fingerprint density at radius 1 is 1.12 bits per heavy atom. The van der Waals surface area contributed by atoms with Crippen LogP contribution in [-0.4, -0.2) is 11.7 Å². The first-order chi connectivity index (χ1) is 12.3. The molecule has 2 aliphatic rings. The molecule has 1 aromatic carbocycles. The van der Waals surface area contributed by atoms with E-state index in [9.17, 15) is 15.8 Å². The maximum absolute atomic E-state index is 10.1. The first-order valence-corrected chi connectivity index (χ1v) is 8.61. The molecule has 2 bridgehead atoms. The van der Waals surface area contributed by atoms with E-state index in [4.69, 9.17) is 14.9 Å². The molecule has 0 amide bonds. The Morgan fingerprint density at radius 3 is 2.23 bits per heavy atom. The van der Waals surface area contributed by atoms with Crippen molar-refractivity contribution in [3.63, 3.8) is 0 Å². The number of aryl methyl sites for hydroxylation is 1. The van der Waals surface area contributed by atoms with E-state index in [0.29, 0.717) is 18.4 Å². The van der Waals surface area contributed by atoms with Crippen molar-refractivity contribution in [2.24, 2.45) is 16.7 Å². The highest BCUT2D eigenvalue weighted by Crippen LogP contribution is 2.67. The number of rotatable bonds is 3. The van der Waals surface area contributed by atoms with Crippen molar-refractivity contribution in [2.75, 3.05) is 0 Å². The van der Waals surface area contributed by atoms with Crippen LogP contribution in [0, 0.1) is 63.1 Å². The minimum atomic E-state index is -1.87. The van der Waals surface area contributed by atoms with Gasteiger partial charge in [-0.3, -0.25) is 5.41 Å². The molecule has 0 aliphatic carbocycles. The zero-order valence-corrected chi connectivity index (χ0v) is 15.0. The summed E-state index contributed by atoms with van der Waals surface area (Å²) in [6.45, 7) is 5.58. The summed E-state index contributed by atoms with van der Waals surface area (Å²) in [5.74, 6) is -2.15. The molecule has 0 aromatic heterocycles. The summed E-state index contributed by atoms with van der Waals surface area (Å²) in [5, 5.41) is 38.7. The Hall–Kier alpha value is -2.88. The second-order valence-corrected chi connectivity index (χ2v) is 7.15. The molecular weight excluding hydrogens is 328 g/mol. The number of hydrogen-bond acceptors (Lipinski definition) is 6. The predicted octanol–water partition coefficient (Wildman–Crippen LogP) is 3.75. The normalized spacial score (nSPS) is 34.2. The topological polar surface area (TPSA) is 114 Å². The lowest BCUT2D eigenvalue weighted by atomic mass is 9.53. The molecule has 4 atom stereocenters. The number of nitrogens with one attached hydrogen (secondary N) is 1. The van der Waals surface area contributed by atoms with Gasteiger partial charge in [-0.15, -0.1) is 0 Å². The number of ether oxygens (including phenoxy) is 2. The average Bonchev–Trinajstić information content (AvgIpc) is 2.79. The van der Waals surface area contributed by atoms with Crippen molar-refractivity contribution < 1.29 is 9.47 Å². The fourth-order valence-corrected chi connectivity index (χ4v) is 4.36. The third-order valence-electron chi connectivity index (χ3n) is 5.67.